The molecule has 2 heteroatoms. The maximum Gasteiger partial charge on any atom is 0.0964 e. The molecular weight excluding hydrogens is 258 g/mol. The largest absolute Gasteiger partial charge is 0.387 e. The summed E-state index contributed by atoms with van der Waals surface area (Å²) in [5, 5.41) is 10.5. The molecule has 0 heterocycles. The molecule has 21 heavy (non-hydrogen) atoms. The smallest absolute Gasteiger partial charge is 0.0964 e. The molecule has 2 aromatic rings. The SMILES string of the molecule is Cc1ccc(N(C)CC(O)c2ccc(C)c(C)c2)c(C)c1. The second-order valence-corrected chi connectivity index (χ2v) is 6.03. The molecule has 112 valence electrons. The number of anilines is 1. The van der Waals surface area contributed by atoms with Gasteiger partial charge in [-0.25, -0.2) is 0 Å². The maximum absolute atomic E-state index is 10.5. The second kappa shape index (κ2) is 6.31. The van der Waals surface area contributed by atoms with Gasteiger partial charge < -0.3 is 10.0 Å². The summed E-state index contributed by atoms with van der Waals surface area (Å²) in [7, 11) is 2.03. The lowest BCUT2D eigenvalue weighted by molar-refractivity contribution is 0.185. The zero-order chi connectivity index (χ0) is 15.6. The summed E-state index contributed by atoms with van der Waals surface area (Å²) in [6.07, 6.45) is -0.477. The summed E-state index contributed by atoms with van der Waals surface area (Å²) >= 11 is 0. The summed E-state index contributed by atoms with van der Waals surface area (Å²) in [5.74, 6) is 0. The van der Waals surface area contributed by atoms with E-state index >= 15 is 0 Å². The number of aryl methyl sites for hydroxylation is 4. The zero-order valence-electron chi connectivity index (χ0n) is 13.6. The van der Waals surface area contributed by atoms with E-state index in [0.29, 0.717) is 6.54 Å². The Balaban J connectivity index is 2.14. The quantitative estimate of drug-likeness (QED) is 0.913. The average molecular weight is 283 g/mol. The van der Waals surface area contributed by atoms with Crippen LogP contribution < -0.4 is 4.90 Å². The van der Waals surface area contributed by atoms with Gasteiger partial charge in [0.25, 0.3) is 0 Å². The third kappa shape index (κ3) is 3.64. The van der Waals surface area contributed by atoms with Crippen LogP contribution in [0, 0.1) is 27.7 Å². The molecule has 0 saturated heterocycles. The minimum Gasteiger partial charge on any atom is -0.387 e. The van der Waals surface area contributed by atoms with Crippen LogP contribution in [0.1, 0.15) is 33.9 Å². The number of aliphatic hydroxyl groups excluding tert-OH is 1. The Bertz CT molecular complexity index is 633. The molecule has 0 aromatic heterocycles. The summed E-state index contributed by atoms with van der Waals surface area (Å²) < 4.78 is 0. The highest BCUT2D eigenvalue weighted by atomic mass is 16.3. The van der Waals surface area contributed by atoms with E-state index < -0.39 is 6.10 Å². The van der Waals surface area contributed by atoms with Crippen LogP contribution in [0.5, 0.6) is 0 Å². The van der Waals surface area contributed by atoms with Gasteiger partial charge in [0, 0.05) is 19.3 Å². The molecule has 0 amide bonds. The van der Waals surface area contributed by atoms with Crippen LogP contribution in [0.3, 0.4) is 0 Å². The molecule has 0 aliphatic heterocycles. The second-order valence-electron chi connectivity index (χ2n) is 6.03. The van der Waals surface area contributed by atoms with Gasteiger partial charge in [0.15, 0.2) is 0 Å². The van der Waals surface area contributed by atoms with Crippen LogP contribution in [0.4, 0.5) is 5.69 Å². The molecule has 2 rings (SSSR count). The Kier molecular flexibility index (Phi) is 4.69. The fourth-order valence-corrected chi connectivity index (χ4v) is 2.67. The first-order chi connectivity index (χ1) is 9.88. The topological polar surface area (TPSA) is 23.5 Å². The molecular formula is C19H25NO. The van der Waals surface area contributed by atoms with Crippen molar-refractivity contribution >= 4 is 5.69 Å². The van der Waals surface area contributed by atoms with Crippen molar-refractivity contribution in [3.05, 3.63) is 64.2 Å². The van der Waals surface area contributed by atoms with Gasteiger partial charge in [-0.1, -0.05) is 35.9 Å². The van der Waals surface area contributed by atoms with Crippen molar-refractivity contribution < 1.29 is 5.11 Å². The van der Waals surface area contributed by atoms with Crippen molar-refractivity contribution in [2.45, 2.75) is 33.8 Å². The molecule has 0 aliphatic rings. The minimum absolute atomic E-state index is 0.477. The molecule has 0 radical (unpaired) electrons. The van der Waals surface area contributed by atoms with Gasteiger partial charge in [-0.2, -0.15) is 0 Å². The Labute approximate surface area is 128 Å². The Hall–Kier alpha value is -1.80. The van der Waals surface area contributed by atoms with E-state index in [1.165, 1.54) is 27.9 Å². The maximum atomic E-state index is 10.5. The fourth-order valence-electron chi connectivity index (χ4n) is 2.67. The summed E-state index contributed by atoms with van der Waals surface area (Å²) in [6, 6.07) is 12.6. The van der Waals surface area contributed by atoms with Crippen LogP contribution in [0.25, 0.3) is 0 Å². The molecule has 0 fully saturated rings. The molecule has 0 saturated carbocycles. The van der Waals surface area contributed by atoms with Crippen LogP contribution in [0.15, 0.2) is 36.4 Å². The lowest BCUT2D eigenvalue weighted by Crippen LogP contribution is -2.24. The highest BCUT2D eigenvalue weighted by molar-refractivity contribution is 5.54. The Morgan fingerprint density at radius 1 is 0.905 bits per heavy atom. The summed E-state index contributed by atoms with van der Waals surface area (Å²) in [4.78, 5) is 2.12. The predicted octanol–water partition coefficient (Wildman–Crippen LogP) is 4.09. The number of likely N-dealkylation sites (N-methyl/N-ethyl adjacent to an activating group) is 1. The van der Waals surface area contributed by atoms with Crippen LogP contribution in [0.2, 0.25) is 0 Å². The van der Waals surface area contributed by atoms with E-state index in [1.54, 1.807) is 0 Å². The Morgan fingerprint density at radius 2 is 1.62 bits per heavy atom. The fraction of sp³-hybridized carbons (Fsp3) is 0.368. The first-order valence-electron chi connectivity index (χ1n) is 7.42. The third-order valence-corrected chi connectivity index (χ3v) is 4.13. The number of aliphatic hydroxyl groups is 1. The monoisotopic (exact) mass is 283 g/mol. The van der Waals surface area contributed by atoms with E-state index in [4.69, 9.17) is 0 Å². The summed E-state index contributed by atoms with van der Waals surface area (Å²) in [5.41, 5.74) is 7.14. The van der Waals surface area contributed by atoms with Gasteiger partial charge in [-0.15, -0.1) is 0 Å². The zero-order valence-corrected chi connectivity index (χ0v) is 13.6. The molecule has 0 aliphatic carbocycles. The molecule has 0 bridgehead atoms. The van der Waals surface area contributed by atoms with E-state index in [9.17, 15) is 5.11 Å². The standard InChI is InChI=1S/C19H25NO/c1-13-6-9-18(16(4)10-13)20(5)12-19(21)17-8-7-14(2)15(3)11-17/h6-11,19,21H,12H2,1-5H3. The van der Waals surface area contributed by atoms with Crippen molar-refractivity contribution in [3.63, 3.8) is 0 Å². The van der Waals surface area contributed by atoms with E-state index in [2.05, 4.69) is 62.9 Å². The normalized spacial score (nSPS) is 12.3. The highest BCUT2D eigenvalue weighted by Crippen LogP contribution is 2.23. The van der Waals surface area contributed by atoms with Crippen molar-refractivity contribution in [2.24, 2.45) is 0 Å². The highest BCUT2D eigenvalue weighted by Gasteiger charge is 2.13. The number of rotatable bonds is 4. The van der Waals surface area contributed by atoms with E-state index in [0.717, 1.165) is 5.56 Å². The van der Waals surface area contributed by atoms with Crippen molar-refractivity contribution in [3.8, 4) is 0 Å². The number of nitrogens with zero attached hydrogens (tertiary/aromatic N) is 1. The average Bonchev–Trinajstić information content (AvgIpc) is 2.41. The van der Waals surface area contributed by atoms with Gasteiger partial charge in [0.2, 0.25) is 0 Å². The molecule has 0 spiro atoms. The third-order valence-electron chi connectivity index (χ3n) is 4.13. The Morgan fingerprint density at radius 3 is 2.24 bits per heavy atom. The van der Waals surface area contributed by atoms with Crippen LogP contribution >= 0.6 is 0 Å². The molecule has 1 atom stereocenters. The lowest BCUT2D eigenvalue weighted by atomic mass is 10.0. The van der Waals surface area contributed by atoms with Gasteiger partial charge in [-0.05, 0) is 56.0 Å². The van der Waals surface area contributed by atoms with Gasteiger partial charge in [-0.3, -0.25) is 0 Å². The lowest BCUT2D eigenvalue weighted by Gasteiger charge is -2.25. The first kappa shape index (κ1) is 15.6. The van der Waals surface area contributed by atoms with Crippen molar-refractivity contribution in [2.75, 3.05) is 18.5 Å². The minimum atomic E-state index is -0.477. The molecule has 2 aromatic carbocycles. The van der Waals surface area contributed by atoms with E-state index in [-0.39, 0.29) is 0 Å². The van der Waals surface area contributed by atoms with Gasteiger partial charge in [0.1, 0.15) is 0 Å². The van der Waals surface area contributed by atoms with Gasteiger partial charge >= 0.3 is 0 Å². The van der Waals surface area contributed by atoms with Crippen molar-refractivity contribution in [1.82, 2.24) is 0 Å². The number of hydrogen-bond donors (Lipinski definition) is 1. The van der Waals surface area contributed by atoms with E-state index in [1.807, 2.05) is 13.1 Å². The number of hydrogen-bond acceptors (Lipinski definition) is 2. The molecule has 2 nitrogen and oxygen atoms in total. The van der Waals surface area contributed by atoms with Crippen LogP contribution in [-0.2, 0) is 0 Å². The molecule has 1 N–H and O–H groups in total. The first-order valence-corrected chi connectivity index (χ1v) is 7.42. The molecule has 1 unspecified atom stereocenters. The van der Waals surface area contributed by atoms with Gasteiger partial charge in [0.05, 0.1) is 6.10 Å². The number of benzene rings is 2. The van der Waals surface area contributed by atoms with Crippen LogP contribution in [-0.4, -0.2) is 18.7 Å². The summed E-state index contributed by atoms with van der Waals surface area (Å²) in [6.45, 7) is 8.97. The predicted molar refractivity (Wildman–Crippen MR) is 90.1 cm³/mol. The van der Waals surface area contributed by atoms with Crippen molar-refractivity contribution in [1.29, 1.82) is 0 Å².